The van der Waals surface area contributed by atoms with Crippen molar-refractivity contribution < 1.29 is 24.2 Å². The molecule has 1 aromatic rings. The van der Waals surface area contributed by atoms with Crippen LogP contribution in [0.5, 0.6) is 0 Å². The van der Waals surface area contributed by atoms with Crippen molar-refractivity contribution in [3.8, 4) is 0 Å². The molecule has 1 aromatic carbocycles. The van der Waals surface area contributed by atoms with E-state index in [9.17, 15) is 14.7 Å². The van der Waals surface area contributed by atoms with Crippen LogP contribution in [0.1, 0.15) is 55.8 Å². The van der Waals surface area contributed by atoms with Crippen LogP contribution in [0.2, 0.25) is 0 Å². The molecule has 0 bridgehead atoms. The van der Waals surface area contributed by atoms with Crippen molar-refractivity contribution in [2.75, 3.05) is 0 Å². The summed E-state index contributed by atoms with van der Waals surface area (Å²) in [6.07, 6.45) is 7.39. The Labute approximate surface area is 160 Å². The first kappa shape index (κ1) is 19.6. The lowest BCUT2D eigenvalue weighted by Crippen LogP contribution is -2.25. The number of aliphatic hydroxyl groups excluding tert-OH is 1. The molecular formula is C22H28O5. The van der Waals surface area contributed by atoms with Crippen LogP contribution >= 0.6 is 0 Å². The zero-order chi connectivity index (χ0) is 19.2. The van der Waals surface area contributed by atoms with E-state index in [1.165, 1.54) is 0 Å². The number of carbonyl (C=O) groups excluding carboxylic acids is 2. The molecule has 5 nitrogen and oxygen atoms in total. The standard InChI is InChI=1S/C22H28O5/c1-2-3-5-10-16(23)11-12-17-18-13-21(24)26-20(18)14-19(17)27-22(25)15-8-6-4-7-9-15/h4,6-9,11-12,16-20,23H,2-3,5,10,13-14H2,1H3/b12-11+/t16-,17+,18+,19+,20-/m0/s1. The number of esters is 2. The maximum atomic E-state index is 12.4. The summed E-state index contributed by atoms with van der Waals surface area (Å²) in [4.78, 5) is 24.1. The monoisotopic (exact) mass is 372 g/mol. The van der Waals surface area contributed by atoms with E-state index in [1.54, 1.807) is 30.3 Å². The fraction of sp³-hybridized carbons (Fsp3) is 0.545. The molecule has 1 saturated carbocycles. The molecule has 1 heterocycles. The third-order valence-electron chi connectivity index (χ3n) is 5.48. The van der Waals surface area contributed by atoms with E-state index < -0.39 is 6.10 Å². The fourth-order valence-electron chi connectivity index (χ4n) is 4.03. The number of hydrogen-bond donors (Lipinski definition) is 1. The zero-order valence-corrected chi connectivity index (χ0v) is 15.8. The molecule has 0 unspecified atom stereocenters. The van der Waals surface area contributed by atoms with Gasteiger partial charge in [-0.15, -0.1) is 0 Å². The average Bonchev–Trinajstić information content (AvgIpc) is 3.16. The first-order valence-corrected chi connectivity index (χ1v) is 9.90. The summed E-state index contributed by atoms with van der Waals surface area (Å²) in [5.41, 5.74) is 0.508. The number of benzene rings is 1. The largest absolute Gasteiger partial charge is 0.462 e. The van der Waals surface area contributed by atoms with E-state index in [2.05, 4.69) is 6.92 Å². The van der Waals surface area contributed by atoms with Crippen LogP contribution in [0.4, 0.5) is 0 Å². The van der Waals surface area contributed by atoms with E-state index in [4.69, 9.17) is 9.47 Å². The molecule has 0 radical (unpaired) electrons. The molecule has 0 aromatic heterocycles. The topological polar surface area (TPSA) is 72.8 Å². The number of carbonyl (C=O) groups is 2. The summed E-state index contributed by atoms with van der Waals surface area (Å²) >= 11 is 0. The number of ether oxygens (including phenoxy) is 2. The van der Waals surface area contributed by atoms with E-state index in [0.29, 0.717) is 18.4 Å². The summed E-state index contributed by atoms with van der Waals surface area (Å²) in [6.45, 7) is 2.13. The van der Waals surface area contributed by atoms with Crippen molar-refractivity contribution >= 4 is 11.9 Å². The maximum absolute atomic E-state index is 12.4. The van der Waals surface area contributed by atoms with E-state index in [0.717, 1.165) is 25.7 Å². The van der Waals surface area contributed by atoms with Gasteiger partial charge in [0.2, 0.25) is 0 Å². The Bertz CT molecular complexity index is 669. The van der Waals surface area contributed by atoms with Crippen molar-refractivity contribution in [2.24, 2.45) is 11.8 Å². The molecule has 1 N–H and O–H groups in total. The van der Waals surface area contributed by atoms with Gasteiger partial charge in [0.15, 0.2) is 0 Å². The smallest absolute Gasteiger partial charge is 0.338 e. The number of fused-ring (bicyclic) bond motifs is 1. The lowest BCUT2D eigenvalue weighted by molar-refractivity contribution is -0.141. The van der Waals surface area contributed by atoms with Crippen LogP contribution in [0.15, 0.2) is 42.5 Å². The van der Waals surface area contributed by atoms with Gasteiger partial charge in [-0.1, -0.05) is 56.5 Å². The van der Waals surface area contributed by atoms with Gasteiger partial charge in [0.1, 0.15) is 12.2 Å². The van der Waals surface area contributed by atoms with E-state index in [1.807, 2.05) is 12.1 Å². The lowest BCUT2D eigenvalue weighted by Gasteiger charge is -2.20. The Morgan fingerprint density at radius 1 is 1.33 bits per heavy atom. The highest BCUT2D eigenvalue weighted by Gasteiger charge is 2.50. The van der Waals surface area contributed by atoms with E-state index >= 15 is 0 Å². The van der Waals surface area contributed by atoms with Crippen LogP contribution in [0, 0.1) is 11.8 Å². The van der Waals surface area contributed by atoms with Gasteiger partial charge in [0, 0.05) is 18.3 Å². The van der Waals surface area contributed by atoms with Gasteiger partial charge in [0.25, 0.3) is 0 Å². The van der Waals surface area contributed by atoms with Gasteiger partial charge in [-0.3, -0.25) is 4.79 Å². The van der Waals surface area contributed by atoms with Gasteiger partial charge in [-0.05, 0) is 18.6 Å². The number of aliphatic hydroxyl groups is 1. The first-order valence-electron chi connectivity index (χ1n) is 9.90. The fourth-order valence-corrected chi connectivity index (χ4v) is 4.03. The normalized spacial score (nSPS) is 28.1. The highest BCUT2D eigenvalue weighted by molar-refractivity contribution is 5.89. The molecule has 2 aliphatic rings. The van der Waals surface area contributed by atoms with Crippen LogP contribution in [0.3, 0.4) is 0 Å². The van der Waals surface area contributed by atoms with Gasteiger partial charge < -0.3 is 14.6 Å². The maximum Gasteiger partial charge on any atom is 0.338 e. The zero-order valence-electron chi connectivity index (χ0n) is 15.8. The highest BCUT2D eigenvalue weighted by atomic mass is 16.6. The molecule has 5 atom stereocenters. The molecule has 1 saturated heterocycles. The summed E-state index contributed by atoms with van der Waals surface area (Å²) in [6, 6.07) is 8.89. The average molecular weight is 372 g/mol. The highest BCUT2D eigenvalue weighted by Crippen LogP contribution is 2.43. The van der Waals surface area contributed by atoms with Crippen molar-refractivity contribution in [1.82, 2.24) is 0 Å². The Hall–Kier alpha value is -2.14. The number of rotatable bonds is 8. The van der Waals surface area contributed by atoms with Crippen LogP contribution in [0.25, 0.3) is 0 Å². The molecule has 5 heteroatoms. The molecule has 146 valence electrons. The SMILES string of the molecule is CCCCC[C@H](O)/C=C/[C@@H]1[C@H]2CC(=O)O[C@H]2C[C@H]1OC(=O)c1ccccc1. The molecule has 0 amide bonds. The Morgan fingerprint density at radius 2 is 2.11 bits per heavy atom. The predicted octanol–water partition coefficient (Wildman–Crippen LogP) is 3.66. The Morgan fingerprint density at radius 3 is 2.85 bits per heavy atom. The molecular weight excluding hydrogens is 344 g/mol. The second-order valence-corrected chi connectivity index (χ2v) is 7.47. The minimum absolute atomic E-state index is 0.00478. The first-order chi connectivity index (χ1) is 13.1. The van der Waals surface area contributed by atoms with Crippen LogP contribution in [-0.2, 0) is 14.3 Å². The Balaban J connectivity index is 1.66. The summed E-state index contributed by atoms with van der Waals surface area (Å²) in [7, 11) is 0. The van der Waals surface area contributed by atoms with Gasteiger partial charge >= 0.3 is 11.9 Å². The van der Waals surface area contributed by atoms with Crippen molar-refractivity contribution in [1.29, 1.82) is 0 Å². The van der Waals surface area contributed by atoms with Crippen LogP contribution in [-0.4, -0.2) is 35.4 Å². The molecule has 1 aliphatic carbocycles. The third kappa shape index (κ3) is 4.98. The van der Waals surface area contributed by atoms with Crippen molar-refractivity contribution in [3.05, 3.63) is 48.0 Å². The minimum Gasteiger partial charge on any atom is -0.462 e. The van der Waals surface area contributed by atoms with Crippen LogP contribution < -0.4 is 0 Å². The molecule has 1 aliphatic heterocycles. The summed E-state index contributed by atoms with van der Waals surface area (Å²) < 4.78 is 11.1. The molecule has 2 fully saturated rings. The van der Waals surface area contributed by atoms with Crippen molar-refractivity contribution in [2.45, 2.75) is 63.8 Å². The predicted molar refractivity (Wildman–Crippen MR) is 101 cm³/mol. The third-order valence-corrected chi connectivity index (χ3v) is 5.48. The second-order valence-electron chi connectivity index (χ2n) is 7.47. The summed E-state index contributed by atoms with van der Waals surface area (Å²) in [5, 5.41) is 10.2. The van der Waals surface area contributed by atoms with Gasteiger partial charge in [-0.25, -0.2) is 4.79 Å². The minimum atomic E-state index is -0.515. The second kappa shape index (κ2) is 9.18. The molecule has 27 heavy (non-hydrogen) atoms. The van der Waals surface area contributed by atoms with Crippen molar-refractivity contribution in [3.63, 3.8) is 0 Å². The quantitative estimate of drug-likeness (QED) is 0.428. The number of hydrogen-bond acceptors (Lipinski definition) is 5. The molecule has 0 spiro atoms. The lowest BCUT2D eigenvalue weighted by atomic mass is 9.91. The number of unbranched alkanes of at least 4 members (excludes halogenated alkanes) is 2. The van der Waals surface area contributed by atoms with Gasteiger partial charge in [-0.2, -0.15) is 0 Å². The Kier molecular flexibility index (Phi) is 6.67. The van der Waals surface area contributed by atoms with E-state index in [-0.39, 0.29) is 36.0 Å². The molecule has 3 rings (SSSR count). The summed E-state index contributed by atoms with van der Waals surface area (Å²) in [5.74, 6) is -0.673. The van der Waals surface area contributed by atoms with Gasteiger partial charge in [0.05, 0.1) is 18.1 Å².